The first-order valence-electron chi connectivity index (χ1n) is 9.75. The molecule has 3 heteroatoms. The minimum Gasteiger partial charge on any atom is -0.317 e. The summed E-state index contributed by atoms with van der Waals surface area (Å²) in [4.78, 5) is 2.46. The van der Waals surface area contributed by atoms with Crippen molar-refractivity contribution < 1.29 is 0 Å². The molecule has 3 aliphatic heterocycles. The zero-order valence-corrected chi connectivity index (χ0v) is 15.7. The van der Waals surface area contributed by atoms with Gasteiger partial charge in [-0.05, 0) is 96.6 Å². The number of rotatable bonds is 1. The second kappa shape index (κ2) is 12.3. The van der Waals surface area contributed by atoms with Gasteiger partial charge in [0.05, 0.1) is 0 Å². The van der Waals surface area contributed by atoms with Crippen LogP contribution < -0.4 is 10.6 Å². The van der Waals surface area contributed by atoms with Crippen LogP contribution in [0.5, 0.6) is 0 Å². The molecule has 3 aliphatic rings. The van der Waals surface area contributed by atoms with Gasteiger partial charge < -0.3 is 15.5 Å². The molecule has 3 nitrogen and oxygen atoms in total. The largest absolute Gasteiger partial charge is 0.317 e. The van der Waals surface area contributed by atoms with Crippen molar-refractivity contribution >= 4 is 0 Å². The molecular weight excluding hydrogens is 270 g/mol. The van der Waals surface area contributed by atoms with Gasteiger partial charge in [0, 0.05) is 6.04 Å². The minimum atomic E-state index is 0.898. The molecule has 0 amide bonds. The van der Waals surface area contributed by atoms with Crippen LogP contribution in [0.2, 0.25) is 0 Å². The number of nitrogens with one attached hydrogen (secondary N) is 2. The predicted molar refractivity (Wildman–Crippen MR) is 98.5 cm³/mol. The van der Waals surface area contributed by atoms with E-state index in [1.807, 2.05) is 0 Å². The van der Waals surface area contributed by atoms with Gasteiger partial charge in [-0.25, -0.2) is 0 Å². The van der Waals surface area contributed by atoms with Crippen LogP contribution in [0.15, 0.2) is 0 Å². The fraction of sp³-hybridized carbons (Fsp3) is 1.00. The highest BCUT2D eigenvalue weighted by atomic mass is 15.1. The molecule has 3 rings (SSSR count). The lowest BCUT2D eigenvalue weighted by Crippen LogP contribution is -2.27. The summed E-state index contributed by atoms with van der Waals surface area (Å²) >= 11 is 0. The topological polar surface area (TPSA) is 27.3 Å². The van der Waals surface area contributed by atoms with Crippen molar-refractivity contribution in [3.63, 3.8) is 0 Å². The van der Waals surface area contributed by atoms with Crippen molar-refractivity contribution in [3.8, 4) is 0 Å². The molecule has 0 aromatic heterocycles. The first-order chi connectivity index (χ1) is 10.6. The van der Waals surface area contributed by atoms with E-state index in [1.165, 1.54) is 77.7 Å². The molecule has 0 aliphatic carbocycles. The Morgan fingerprint density at radius 3 is 1.86 bits per heavy atom. The fourth-order valence-electron chi connectivity index (χ4n) is 3.49. The molecule has 2 unspecified atom stereocenters. The molecule has 0 radical (unpaired) electrons. The second-order valence-corrected chi connectivity index (χ2v) is 7.57. The van der Waals surface area contributed by atoms with Gasteiger partial charge in [0.1, 0.15) is 0 Å². The number of hydrogen-bond acceptors (Lipinski definition) is 3. The molecule has 3 heterocycles. The summed E-state index contributed by atoms with van der Waals surface area (Å²) in [7, 11) is 2.22. The van der Waals surface area contributed by atoms with Crippen LogP contribution in [0, 0.1) is 11.8 Å². The van der Waals surface area contributed by atoms with Crippen molar-refractivity contribution in [2.24, 2.45) is 11.8 Å². The summed E-state index contributed by atoms with van der Waals surface area (Å²) in [5, 5.41) is 6.65. The van der Waals surface area contributed by atoms with Gasteiger partial charge in [-0.1, -0.05) is 20.8 Å². The van der Waals surface area contributed by atoms with Crippen molar-refractivity contribution in [2.75, 3.05) is 39.8 Å². The van der Waals surface area contributed by atoms with E-state index in [1.54, 1.807) is 0 Å². The number of hydrogen-bond donors (Lipinski definition) is 2. The lowest BCUT2D eigenvalue weighted by Gasteiger charge is -2.17. The lowest BCUT2D eigenvalue weighted by molar-refractivity contribution is 0.304. The van der Waals surface area contributed by atoms with Crippen molar-refractivity contribution in [1.82, 2.24) is 15.5 Å². The van der Waals surface area contributed by atoms with E-state index in [2.05, 4.69) is 43.4 Å². The number of likely N-dealkylation sites (tertiary alicyclic amines) is 1. The molecule has 0 aromatic carbocycles. The Balaban J connectivity index is 0.000000166. The SMILES string of the molecule is CC1CCCNC1.CC1CCNCC1.CCC1CCCN1C. The summed E-state index contributed by atoms with van der Waals surface area (Å²) in [6.45, 7) is 13.2. The highest BCUT2D eigenvalue weighted by Gasteiger charge is 2.17. The van der Waals surface area contributed by atoms with Gasteiger partial charge in [-0.2, -0.15) is 0 Å². The van der Waals surface area contributed by atoms with E-state index < -0.39 is 0 Å². The van der Waals surface area contributed by atoms with Gasteiger partial charge in [0.15, 0.2) is 0 Å². The molecule has 0 spiro atoms. The monoisotopic (exact) mass is 311 g/mol. The Labute approximate surface area is 139 Å². The summed E-state index contributed by atoms with van der Waals surface area (Å²) in [5.41, 5.74) is 0. The molecule has 132 valence electrons. The highest BCUT2D eigenvalue weighted by molar-refractivity contribution is 4.73. The molecule has 2 N–H and O–H groups in total. The quantitative estimate of drug-likeness (QED) is 0.776. The van der Waals surface area contributed by atoms with E-state index in [9.17, 15) is 0 Å². The molecular formula is C19H41N3. The van der Waals surface area contributed by atoms with E-state index >= 15 is 0 Å². The van der Waals surface area contributed by atoms with E-state index in [4.69, 9.17) is 0 Å². The zero-order valence-electron chi connectivity index (χ0n) is 15.7. The average Bonchev–Trinajstić information content (AvgIpc) is 2.95. The van der Waals surface area contributed by atoms with Crippen LogP contribution in [-0.2, 0) is 0 Å². The van der Waals surface area contributed by atoms with Gasteiger partial charge in [-0.3, -0.25) is 0 Å². The maximum Gasteiger partial charge on any atom is 0.00900 e. The van der Waals surface area contributed by atoms with E-state index in [-0.39, 0.29) is 0 Å². The third-order valence-corrected chi connectivity index (χ3v) is 5.31. The Morgan fingerprint density at radius 2 is 1.59 bits per heavy atom. The van der Waals surface area contributed by atoms with E-state index in [0.29, 0.717) is 0 Å². The van der Waals surface area contributed by atoms with Crippen LogP contribution >= 0.6 is 0 Å². The smallest absolute Gasteiger partial charge is 0.00900 e. The molecule has 0 saturated carbocycles. The summed E-state index contributed by atoms with van der Waals surface area (Å²) in [6, 6.07) is 0.898. The summed E-state index contributed by atoms with van der Waals surface area (Å²) < 4.78 is 0. The summed E-state index contributed by atoms with van der Waals surface area (Å²) in [5.74, 6) is 1.90. The van der Waals surface area contributed by atoms with Crippen molar-refractivity contribution in [2.45, 2.75) is 71.8 Å². The van der Waals surface area contributed by atoms with Crippen LogP contribution in [0.25, 0.3) is 0 Å². The average molecular weight is 312 g/mol. The van der Waals surface area contributed by atoms with Gasteiger partial charge in [0.2, 0.25) is 0 Å². The third-order valence-electron chi connectivity index (χ3n) is 5.31. The van der Waals surface area contributed by atoms with Crippen LogP contribution in [-0.4, -0.2) is 50.7 Å². The predicted octanol–water partition coefficient (Wildman–Crippen LogP) is 3.50. The van der Waals surface area contributed by atoms with Crippen molar-refractivity contribution in [1.29, 1.82) is 0 Å². The Morgan fingerprint density at radius 1 is 0.864 bits per heavy atom. The fourth-order valence-corrected chi connectivity index (χ4v) is 3.49. The molecule has 2 atom stereocenters. The van der Waals surface area contributed by atoms with Crippen LogP contribution in [0.3, 0.4) is 0 Å². The molecule has 0 bridgehead atoms. The zero-order chi connectivity index (χ0) is 16.2. The van der Waals surface area contributed by atoms with Gasteiger partial charge in [0.25, 0.3) is 0 Å². The van der Waals surface area contributed by atoms with Crippen molar-refractivity contribution in [3.05, 3.63) is 0 Å². The first kappa shape index (κ1) is 19.9. The molecule has 3 fully saturated rings. The first-order valence-corrected chi connectivity index (χ1v) is 9.75. The standard InChI is InChI=1S/C7H15N.2C6H13N/c1-3-7-5-4-6-8(7)2;1-6-2-4-7-5-3-6;1-6-3-2-4-7-5-6/h7H,3-6H2,1-2H3;2*6-7H,2-5H2,1H3. The normalized spacial score (nSPS) is 30.0. The Kier molecular flexibility index (Phi) is 11.2. The van der Waals surface area contributed by atoms with Crippen LogP contribution in [0.4, 0.5) is 0 Å². The second-order valence-electron chi connectivity index (χ2n) is 7.57. The van der Waals surface area contributed by atoms with Crippen LogP contribution in [0.1, 0.15) is 65.7 Å². The molecule has 22 heavy (non-hydrogen) atoms. The maximum atomic E-state index is 3.33. The number of nitrogens with zero attached hydrogens (tertiary/aromatic N) is 1. The lowest BCUT2D eigenvalue weighted by atomic mass is 10.0. The third kappa shape index (κ3) is 9.12. The Hall–Kier alpha value is -0.120. The summed E-state index contributed by atoms with van der Waals surface area (Å²) in [6.07, 6.45) is 9.71. The van der Waals surface area contributed by atoms with Gasteiger partial charge >= 0.3 is 0 Å². The Bertz CT molecular complexity index is 229. The molecule has 0 aromatic rings. The molecule has 3 saturated heterocycles. The highest BCUT2D eigenvalue weighted by Crippen LogP contribution is 2.16. The number of piperidine rings is 2. The van der Waals surface area contributed by atoms with E-state index in [0.717, 1.165) is 17.9 Å². The maximum absolute atomic E-state index is 3.33. The minimum absolute atomic E-state index is 0.898. The van der Waals surface area contributed by atoms with Gasteiger partial charge in [-0.15, -0.1) is 0 Å².